The van der Waals surface area contributed by atoms with Crippen LogP contribution in [-0.4, -0.2) is 26.1 Å². The van der Waals surface area contributed by atoms with Crippen LogP contribution in [0.2, 0.25) is 0 Å². The van der Waals surface area contributed by atoms with Crippen molar-refractivity contribution >= 4 is 33.5 Å². The smallest absolute Gasteiger partial charge is 0.187 e. The van der Waals surface area contributed by atoms with Gasteiger partial charge in [-0.3, -0.25) is 4.79 Å². The van der Waals surface area contributed by atoms with Gasteiger partial charge in [-0.25, -0.2) is 9.97 Å². The molecule has 0 aliphatic carbocycles. The third-order valence-electron chi connectivity index (χ3n) is 3.67. The number of nitrogens with zero attached hydrogens (tertiary/aromatic N) is 3. The predicted octanol–water partition coefficient (Wildman–Crippen LogP) is 4.62. The number of rotatable bonds is 5. The first-order valence-electron chi connectivity index (χ1n) is 7.44. The highest BCUT2D eigenvalue weighted by atomic mass is 79.9. The molecular weight excluding hydrogens is 386 g/mol. The topological polar surface area (TPSA) is 47.8 Å². The highest BCUT2D eigenvalue weighted by Crippen LogP contribution is 2.24. The van der Waals surface area contributed by atoms with Gasteiger partial charge in [0.1, 0.15) is 0 Å². The minimum absolute atomic E-state index is 0.0850. The lowest BCUT2D eigenvalue weighted by Gasteiger charge is -2.10. The van der Waals surface area contributed by atoms with E-state index in [4.69, 9.17) is 0 Å². The average Bonchev–Trinajstić information content (AvgIpc) is 2.88. The van der Waals surface area contributed by atoms with Gasteiger partial charge < -0.3 is 4.57 Å². The first kappa shape index (κ1) is 16.9. The summed E-state index contributed by atoms with van der Waals surface area (Å²) in [6, 6.07) is 11.8. The summed E-state index contributed by atoms with van der Waals surface area (Å²) in [5.41, 5.74) is 3.77. The van der Waals surface area contributed by atoms with Gasteiger partial charge >= 0.3 is 0 Å². The molecule has 0 aliphatic heterocycles. The second-order valence-electron chi connectivity index (χ2n) is 5.34. The fourth-order valence-corrected chi connectivity index (χ4v) is 3.70. The van der Waals surface area contributed by atoms with Gasteiger partial charge in [-0.05, 0) is 44.2 Å². The molecule has 0 fully saturated rings. The summed E-state index contributed by atoms with van der Waals surface area (Å²) in [7, 11) is 0. The SMILES string of the molecule is Cc1cc(C(=O)CSc2ncccn2)c(C)n1-c1cccc(Br)c1. The lowest BCUT2D eigenvalue weighted by atomic mass is 10.2. The minimum atomic E-state index is 0.0850. The molecule has 2 aromatic heterocycles. The summed E-state index contributed by atoms with van der Waals surface area (Å²) >= 11 is 4.85. The quantitative estimate of drug-likeness (QED) is 0.355. The number of ketones is 1. The van der Waals surface area contributed by atoms with Crippen molar-refractivity contribution in [3.63, 3.8) is 0 Å². The first-order valence-corrected chi connectivity index (χ1v) is 9.22. The van der Waals surface area contributed by atoms with Crippen LogP contribution in [0.1, 0.15) is 21.7 Å². The number of benzene rings is 1. The van der Waals surface area contributed by atoms with Crippen molar-refractivity contribution in [1.82, 2.24) is 14.5 Å². The minimum Gasteiger partial charge on any atom is -0.318 e. The Morgan fingerprint density at radius 2 is 1.92 bits per heavy atom. The molecule has 0 unspecified atom stereocenters. The third-order valence-corrected chi connectivity index (χ3v) is 5.04. The van der Waals surface area contributed by atoms with Crippen LogP contribution < -0.4 is 0 Å². The lowest BCUT2D eigenvalue weighted by Crippen LogP contribution is -2.06. The molecule has 6 heteroatoms. The van der Waals surface area contributed by atoms with E-state index in [9.17, 15) is 4.79 Å². The van der Waals surface area contributed by atoms with E-state index in [2.05, 4.69) is 30.5 Å². The second-order valence-corrected chi connectivity index (χ2v) is 7.20. The molecule has 0 N–H and O–H groups in total. The molecule has 0 spiro atoms. The van der Waals surface area contributed by atoms with Crippen LogP contribution in [0, 0.1) is 13.8 Å². The Bertz CT molecular complexity index is 877. The average molecular weight is 402 g/mol. The van der Waals surface area contributed by atoms with Crippen LogP contribution >= 0.6 is 27.7 Å². The van der Waals surface area contributed by atoms with Crippen LogP contribution in [-0.2, 0) is 0 Å². The molecule has 0 amide bonds. The van der Waals surface area contributed by atoms with E-state index in [1.54, 1.807) is 18.5 Å². The zero-order valence-corrected chi connectivity index (χ0v) is 15.8. The van der Waals surface area contributed by atoms with Gasteiger partial charge in [0.25, 0.3) is 0 Å². The molecule has 1 aromatic carbocycles. The normalized spacial score (nSPS) is 10.8. The van der Waals surface area contributed by atoms with Crippen molar-refractivity contribution in [2.75, 3.05) is 5.75 Å². The summed E-state index contributed by atoms with van der Waals surface area (Å²) in [4.78, 5) is 20.9. The molecule has 0 radical (unpaired) electrons. The maximum absolute atomic E-state index is 12.6. The van der Waals surface area contributed by atoms with Crippen molar-refractivity contribution in [3.05, 3.63) is 70.2 Å². The van der Waals surface area contributed by atoms with Gasteiger partial charge in [0.2, 0.25) is 0 Å². The molecule has 0 aliphatic rings. The number of aryl methyl sites for hydroxylation is 1. The Kier molecular flexibility index (Phi) is 5.16. The van der Waals surface area contributed by atoms with Crippen LogP contribution in [0.5, 0.6) is 0 Å². The Morgan fingerprint density at radius 1 is 1.17 bits per heavy atom. The van der Waals surface area contributed by atoms with E-state index in [1.807, 2.05) is 44.2 Å². The monoisotopic (exact) mass is 401 g/mol. The lowest BCUT2D eigenvalue weighted by molar-refractivity contribution is 0.102. The fourth-order valence-electron chi connectivity index (χ4n) is 2.63. The van der Waals surface area contributed by atoms with E-state index in [0.717, 1.165) is 27.1 Å². The van der Waals surface area contributed by atoms with Gasteiger partial charge in [0, 0.05) is 39.5 Å². The van der Waals surface area contributed by atoms with Gasteiger partial charge in [-0.2, -0.15) is 0 Å². The molecule has 0 bridgehead atoms. The number of aromatic nitrogens is 3. The van der Waals surface area contributed by atoms with Crippen molar-refractivity contribution in [1.29, 1.82) is 0 Å². The maximum Gasteiger partial charge on any atom is 0.187 e. The molecule has 3 rings (SSSR count). The zero-order chi connectivity index (χ0) is 17.1. The number of carbonyl (C=O) groups is 1. The molecular formula is C18H16BrN3OS. The Morgan fingerprint density at radius 3 is 2.62 bits per heavy atom. The number of thioether (sulfide) groups is 1. The number of carbonyl (C=O) groups excluding carboxylic acids is 1. The Labute approximate surface area is 153 Å². The number of hydrogen-bond donors (Lipinski definition) is 0. The van der Waals surface area contributed by atoms with E-state index < -0.39 is 0 Å². The second kappa shape index (κ2) is 7.32. The molecule has 3 aromatic rings. The summed E-state index contributed by atoms with van der Waals surface area (Å²) in [5, 5.41) is 0.617. The molecule has 122 valence electrons. The third kappa shape index (κ3) is 3.60. The largest absolute Gasteiger partial charge is 0.318 e. The van der Waals surface area contributed by atoms with Gasteiger partial charge in [0.15, 0.2) is 10.9 Å². The summed E-state index contributed by atoms with van der Waals surface area (Å²) < 4.78 is 3.11. The van der Waals surface area contributed by atoms with Crippen molar-refractivity contribution in [2.24, 2.45) is 0 Å². The number of Topliss-reactive ketones (excluding diaryl/α,β-unsaturated/α-hetero) is 1. The molecule has 4 nitrogen and oxygen atoms in total. The van der Waals surface area contributed by atoms with Crippen molar-refractivity contribution in [2.45, 2.75) is 19.0 Å². The van der Waals surface area contributed by atoms with E-state index in [-0.39, 0.29) is 5.78 Å². The van der Waals surface area contributed by atoms with Crippen molar-refractivity contribution < 1.29 is 4.79 Å². The van der Waals surface area contributed by atoms with Gasteiger partial charge in [-0.15, -0.1) is 0 Å². The summed E-state index contributed by atoms with van der Waals surface area (Å²) in [5.74, 6) is 0.411. The van der Waals surface area contributed by atoms with E-state index in [0.29, 0.717) is 10.9 Å². The maximum atomic E-state index is 12.6. The number of hydrogen-bond acceptors (Lipinski definition) is 4. The highest BCUT2D eigenvalue weighted by Gasteiger charge is 2.17. The fraction of sp³-hybridized carbons (Fsp3) is 0.167. The molecule has 0 atom stereocenters. The molecule has 0 saturated heterocycles. The standard InChI is InChI=1S/C18H16BrN3OS/c1-12-9-16(17(23)11-24-18-20-7-4-8-21-18)13(2)22(12)15-6-3-5-14(19)10-15/h3-10H,11H2,1-2H3. The van der Waals surface area contributed by atoms with E-state index in [1.165, 1.54) is 11.8 Å². The molecule has 2 heterocycles. The highest BCUT2D eigenvalue weighted by molar-refractivity contribution is 9.10. The van der Waals surface area contributed by atoms with Crippen LogP contribution in [0.15, 0.2) is 58.4 Å². The summed E-state index contributed by atoms with van der Waals surface area (Å²) in [6.07, 6.45) is 3.36. The van der Waals surface area contributed by atoms with E-state index >= 15 is 0 Å². The zero-order valence-electron chi connectivity index (χ0n) is 13.4. The predicted molar refractivity (Wildman–Crippen MR) is 100 cm³/mol. The first-order chi connectivity index (χ1) is 11.6. The van der Waals surface area contributed by atoms with Crippen LogP contribution in [0.4, 0.5) is 0 Å². The molecule has 0 saturated carbocycles. The van der Waals surface area contributed by atoms with Crippen molar-refractivity contribution in [3.8, 4) is 5.69 Å². The molecule has 24 heavy (non-hydrogen) atoms. The summed E-state index contributed by atoms with van der Waals surface area (Å²) in [6.45, 7) is 3.99. The Balaban J connectivity index is 1.84. The Hall–Kier alpha value is -1.92. The van der Waals surface area contributed by atoms with Gasteiger partial charge in [0.05, 0.1) is 5.75 Å². The van der Waals surface area contributed by atoms with Gasteiger partial charge in [-0.1, -0.05) is 33.8 Å². The number of halogens is 1. The van der Waals surface area contributed by atoms with Crippen LogP contribution in [0.25, 0.3) is 5.69 Å². The van der Waals surface area contributed by atoms with Crippen LogP contribution in [0.3, 0.4) is 0 Å².